The summed E-state index contributed by atoms with van der Waals surface area (Å²) in [7, 11) is 0. The van der Waals surface area contributed by atoms with E-state index in [0.29, 0.717) is 151 Å². The van der Waals surface area contributed by atoms with Crippen LogP contribution >= 0.6 is 34.8 Å². The zero-order valence-electron chi connectivity index (χ0n) is 62.0. The molecule has 10 N–H and O–H groups in total. The molecule has 114 heavy (non-hydrogen) atoms. The number of pyridine rings is 6. The third kappa shape index (κ3) is 21.4. The number of nitrogens with two attached hydrogens (primary N) is 2. The minimum Gasteiger partial charge on any atom is -1.00 e. The maximum Gasteiger partial charge on any atom is 1.00 e. The van der Waals surface area contributed by atoms with E-state index in [0.717, 1.165) is 49.5 Å². The van der Waals surface area contributed by atoms with Gasteiger partial charge in [0.05, 0.1) is 48.3 Å². The van der Waals surface area contributed by atoms with Crippen molar-refractivity contribution in [1.29, 1.82) is 5.26 Å². The van der Waals surface area contributed by atoms with E-state index < -0.39 is 29.3 Å². The van der Waals surface area contributed by atoms with E-state index in [2.05, 4.69) is 71.8 Å². The number of primary amides is 2. The van der Waals surface area contributed by atoms with Crippen molar-refractivity contribution in [2.24, 2.45) is 11.5 Å². The van der Waals surface area contributed by atoms with E-state index in [1.807, 2.05) is 57.2 Å². The van der Waals surface area contributed by atoms with Crippen molar-refractivity contribution in [2.45, 2.75) is 67.1 Å². The second kappa shape index (κ2) is 39.7. The summed E-state index contributed by atoms with van der Waals surface area (Å²) in [5, 5.41) is 32.2. The molecule has 23 nitrogen and oxygen atoms in total. The first kappa shape index (κ1) is 87.8. The Kier molecular flexibility index (Phi) is 30.6. The van der Waals surface area contributed by atoms with Gasteiger partial charge in [0, 0.05) is 194 Å². The second-order valence-corrected chi connectivity index (χ2v) is 27.0. The van der Waals surface area contributed by atoms with Crippen LogP contribution in [0.4, 0.5) is 13.2 Å². The first-order valence-electron chi connectivity index (χ1n) is 33.8. The Morgan fingerprint density at radius 3 is 1.11 bits per heavy atom. The number of benzene rings is 6. The minimum atomic E-state index is -0.564. The normalized spacial score (nSPS) is 10.6. The number of nitrogens with zero attached hydrogens (tertiary/aromatic N) is 7. The van der Waals surface area contributed by atoms with Crippen LogP contribution < -0.4 is 135 Å². The van der Waals surface area contributed by atoms with Gasteiger partial charge in [-0.15, -0.1) is 0 Å². The van der Waals surface area contributed by atoms with Crippen LogP contribution in [-0.4, -0.2) is 80.9 Å². The number of rotatable bonds is 18. The minimum absolute atomic E-state index is 0. The standard InChI is InChI=1S/2C27H21ClFN5O2.C27H19ClFN5O.CH2O3.CH4.2K.H/c2*1-14-4-17-5-15(7-21(26(30)35)25(17)33-11-14)6-19-8-16(2-3-31-19)27(36)34-12-18-9-20-22(28)13-32-24(20)10-23(18)29;1-15-4-18-5-16(6-19(11-30)26(18)33-12-15)7-21-8-17(2-3-31-21)27(35)34-13-20-9-22-23(28)14-32-25(22)10-24(20)29;2-1-4-3;;;;/h2*2-5,7-11,13,32H,6,12H2,1H3,(H2,30,35)(H,34,36);2-6,8-10,12,14,32H,7,13H2,1H3,(H,34,35);1,3H;1H4;;;/q;;;;;2*+1;-1/p-1. The summed E-state index contributed by atoms with van der Waals surface area (Å²) in [5.41, 5.74) is 25.4. The summed E-state index contributed by atoms with van der Waals surface area (Å²) < 4.78 is 43.3. The second-order valence-electron chi connectivity index (χ2n) is 25.8. The molecule has 0 aliphatic rings. The maximum atomic E-state index is 14.5. The molecule has 0 saturated heterocycles. The predicted octanol–water partition coefficient (Wildman–Crippen LogP) is 8.46. The number of H-pyrrole nitrogens is 3. The Balaban J connectivity index is 0.000000207. The number of halogens is 6. The fourth-order valence-corrected chi connectivity index (χ4v) is 13.1. The van der Waals surface area contributed by atoms with E-state index in [1.54, 1.807) is 116 Å². The van der Waals surface area contributed by atoms with Gasteiger partial charge in [-0.3, -0.25) is 58.7 Å². The van der Waals surface area contributed by atoms with Crippen molar-refractivity contribution in [2.75, 3.05) is 0 Å². The number of amides is 5. The van der Waals surface area contributed by atoms with Gasteiger partial charge in [-0.2, -0.15) is 5.26 Å². The number of fused-ring (bicyclic) bond motifs is 6. The van der Waals surface area contributed by atoms with Gasteiger partial charge in [0.2, 0.25) is 0 Å². The van der Waals surface area contributed by atoms with E-state index in [-0.39, 0.29) is 155 Å². The Morgan fingerprint density at radius 1 is 0.491 bits per heavy atom. The molecule has 0 radical (unpaired) electrons. The summed E-state index contributed by atoms with van der Waals surface area (Å²) in [6.07, 6.45) is 15.7. The third-order valence-corrected chi connectivity index (χ3v) is 18.7. The largest absolute Gasteiger partial charge is 1.00 e. The molecule has 9 heterocycles. The average Bonchev–Trinajstić information content (AvgIpc) is 1.80. The van der Waals surface area contributed by atoms with Crippen LogP contribution in [0.15, 0.2) is 183 Å². The van der Waals surface area contributed by atoms with E-state index in [4.69, 9.17) is 56.3 Å². The van der Waals surface area contributed by atoms with Crippen molar-refractivity contribution in [3.8, 4) is 6.07 Å². The summed E-state index contributed by atoms with van der Waals surface area (Å²) >= 11 is 18.4. The fraction of sp³-hybridized carbons (Fsp3) is 0.120. The Morgan fingerprint density at radius 2 is 0.798 bits per heavy atom. The number of hydrogen-bond acceptors (Lipinski definition) is 15. The molecular formula is C83H67Cl3F3K2N15O8. The Hall–Kier alpha value is -10.2. The van der Waals surface area contributed by atoms with Crippen molar-refractivity contribution < 1.29 is 156 Å². The molecule has 0 fully saturated rings. The fourth-order valence-electron chi connectivity index (χ4n) is 12.5. The van der Waals surface area contributed by atoms with Crippen molar-refractivity contribution >= 4 is 136 Å². The molecule has 15 aromatic rings. The first-order chi connectivity index (χ1) is 53.4. The first-order valence-corrected chi connectivity index (χ1v) is 35.0. The molecule has 0 aliphatic heterocycles. The number of nitriles is 1. The number of aromatic amines is 3. The van der Waals surface area contributed by atoms with E-state index >= 15 is 0 Å². The molecule has 0 atom stereocenters. The molecule has 6 aromatic carbocycles. The number of carbonyl (C=O) groups excluding carboxylic acids is 6. The van der Waals surface area contributed by atoms with Gasteiger partial charge in [-0.05, 0) is 182 Å². The number of nitrogens with one attached hydrogen (secondary N) is 6. The molecule has 566 valence electrons. The SMILES string of the molecule is C.Cc1cnc2c(C#N)cc(Cc3cc(C(=O)NCc4cc5c(Cl)c[nH]c5cc4F)ccn3)cc2c1.Cc1cnc2c(C(N)=O)cc(Cc3cc(C(=O)NCc4cc5c(Cl)c[nH]c5cc4F)ccn3)cc2c1.Cc1cnc2c(C(N)=O)cc(Cc3cc(C(=O)NCc4cc5c(Cl)c[nH]c5cc4F)ccn3)cc2c1.O=CO[O-].[H-].[K+].[K+]. The predicted molar refractivity (Wildman–Crippen MR) is 421 cm³/mol. The van der Waals surface area contributed by atoms with Gasteiger partial charge >= 0.3 is 103 Å². The summed E-state index contributed by atoms with van der Waals surface area (Å²) in [6, 6.07) is 37.9. The topological polar surface area (TPSA) is 371 Å². The number of carbonyl (C=O) groups is 6. The molecule has 0 saturated carbocycles. The van der Waals surface area contributed by atoms with Crippen LogP contribution in [0, 0.1) is 49.6 Å². The maximum absolute atomic E-state index is 14.5. The van der Waals surface area contributed by atoms with Gasteiger partial charge in [0.15, 0.2) is 0 Å². The van der Waals surface area contributed by atoms with Crippen LogP contribution in [-0.2, 0) is 48.6 Å². The number of hydrogen-bond donors (Lipinski definition) is 8. The number of aromatic nitrogens is 9. The quantitative estimate of drug-likeness (QED) is 0.0173. The molecule has 31 heteroatoms. The monoisotopic (exact) mass is 1640 g/mol. The molecule has 0 unspecified atom stereocenters. The van der Waals surface area contributed by atoms with Crippen LogP contribution in [0.1, 0.15) is 133 Å². The van der Waals surface area contributed by atoms with Gasteiger partial charge < -0.3 is 53.9 Å². The van der Waals surface area contributed by atoms with Crippen LogP contribution in [0.2, 0.25) is 15.1 Å². The third-order valence-electron chi connectivity index (χ3n) is 17.7. The van der Waals surface area contributed by atoms with Gasteiger partial charge in [-0.25, -0.2) is 13.2 Å². The molecular weight excluding hydrogens is 1580 g/mol. The van der Waals surface area contributed by atoms with Crippen LogP contribution in [0.3, 0.4) is 0 Å². The summed E-state index contributed by atoms with van der Waals surface area (Å²) in [5.74, 6) is -3.52. The van der Waals surface area contributed by atoms with Gasteiger partial charge in [-0.1, -0.05) is 42.2 Å². The number of aryl methyl sites for hydroxylation is 3. The Labute approximate surface area is 750 Å². The van der Waals surface area contributed by atoms with E-state index in [1.165, 1.54) is 30.6 Å². The van der Waals surface area contributed by atoms with Crippen LogP contribution in [0.25, 0.3) is 65.4 Å². The molecule has 15 rings (SSSR count). The summed E-state index contributed by atoms with van der Waals surface area (Å²) in [6.45, 7) is 5.62. The average molecular weight is 1640 g/mol. The molecule has 9 aromatic heterocycles. The molecule has 0 spiro atoms. The summed E-state index contributed by atoms with van der Waals surface area (Å²) in [4.78, 5) is 109. The van der Waals surface area contributed by atoms with E-state index in [9.17, 15) is 42.4 Å². The zero-order chi connectivity index (χ0) is 78.7. The molecule has 5 amide bonds. The molecule has 0 aliphatic carbocycles. The van der Waals surface area contributed by atoms with Crippen molar-refractivity contribution in [1.82, 2.24) is 60.8 Å². The van der Waals surface area contributed by atoms with Crippen molar-refractivity contribution in [3.63, 3.8) is 0 Å². The van der Waals surface area contributed by atoms with Crippen LogP contribution in [0.5, 0.6) is 0 Å². The van der Waals surface area contributed by atoms with Crippen molar-refractivity contribution in [3.05, 3.63) is 316 Å². The zero-order valence-corrected chi connectivity index (χ0v) is 69.5. The van der Waals surface area contributed by atoms with Gasteiger partial charge in [0.25, 0.3) is 36.0 Å². The molecule has 0 bridgehead atoms. The Bertz CT molecular complexity index is 6020. The smallest absolute Gasteiger partial charge is 1.00 e. The van der Waals surface area contributed by atoms with Gasteiger partial charge in [0.1, 0.15) is 23.5 Å².